The molecule has 31 heavy (non-hydrogen) atoms. The maximum Gasteiger partial charge on any atom is 0.411 e. The Morgan fingerprint density at radius 3 is 2.84 bits per heavy atom. The largest absolute Gasteiger partial charge is 0.411 e. The fourth-order valence-electron chi connectivity index (χ4n) is 3.70. The predicted molar refractivity (Wildman–Crippen MR) is 108 cm³/mol. The SMILES string of the molecule is O=C1NC(OCC(F)(F)F)NC2SC(N3CCC[C@@H]3C(=O)NCc3ccccc3)=NC12. The van der Waals surface area contributed by atoms with Crippen molar-refractivity contribution in [3.63, 3.8) is 0 Å². The molecule has 4 rings (SSSR count). The number of rotatable bonds is 5. The number of likely N-dealkylation sites (tertiary alicyclic amines) is 1. The fraction of sp³-hybridized carbons (Fsp3) is 0.526. The second-order valence-corrected chi connectivity index (χ2v) is 8.54. The van der Waals surface area contributed by atoms with Gasteiger partial charge in [-0.1, -0.05) is 42.1 Å². The van der Waals surface area contributed by atoms with Crippen LogP contribution < -0.4 is 16.0 Å². The van der Waals surface area contributed by atoms with E-state index in [0.717, 1.165) is 12.0 Å². The Balaban J connectivity index is 1.35. The number of amidine groups is 1. The maximum absolute atomic E-state index is 12.8. The van der Waals surface area contributed by atoms with Crippen LogP contribution in [0.15, 0.2) is 35.3 Å². The van der Waals surface area contributed by atoms with Gasteiger partial charge in [0.2, 0.25) is 11.8 Å². The van der Waals surface area contributed by atoms with E-state index in [9.17, 15) is 22.8 Å². The Bertz CT molecular complexity index is 854. The number of alkyl halides is 3. The van der Waals surface area contributed by atoms with Crippen LogP contribution in [0.25, 0.3) is 0 Å². The van der Waals surface area contributed by atoms with E-state index >= 15 is 0 Å². The van der Waals surface area contributed by atoms with E-state index in [-0.39, 0.29) is 5.91 Å². The molecule has 0 aromatic heterocycles. The summed E-state index contributed by atoms with van der Waals surface area (Å²) >= 11 is 1.23. The molecule has 8 nitrogen and oxygen atoms in total. The third kappa shape index (κ3) is 5.31. The number of aliphatic imine (C=N–C) groups is 1. The van der Waals surface area contributed by atoms with Crippen molar-refractivity contribution in [1.29, 1.82) is 0 Å². The summed E-state index contributed by atoms with van der Waals surface area (Å²) in [7, 11) is 0. The molecule has 0 spiro atoms. The molecule has 12 heteroatoms. The molecule has 3 N–H and O–H groups in total. The molecule has 0 radical (unpaired) electrons. The van der Waals surface area contributed by atoms with Crippen molar-refractivity contribution >= 4 is 28.7 Å². The molecule has 4 atom stereocenters. The summed E-state index contributed by atoms with van der Waals surface area (Å²) in [4.78, 5) is 31.4. The first-order valence-electron chi connectivity index (χ1n) is 9.88. The number of carbonyl (C=O) groups excluding carboxylic acids is 2. The molecule has 3 aliphatic rings. The molecule has 2 fully saturated rings. The van der Waals surface area contributed by atoms with Crippen LogP contribution in [0.3, 0.4) is 0 Å². The number of ether oxygens (including phenoxy) is 1. The minimum atomic E-state index is -4.50. The number of benzene rings is 1. The molecular formula is C19H22F3N5O3S. The number of hydrogen-bond donors (Lipinski definition) is 3. The average molecular weight is 457 g/mol. The zero-order valence-corrected chi connectivity index (χ0v) is 17.2. The highest BCUT2D eigenvalue weighted by Gasteiger charge is 2.46. The second-order valence-electron chi connectivity index (χ2n) is 7.43. The summed E-state index contributed by atoms with van der Waals surface area (Å²) in [5.41, 5.74) is 0.991. The summed E-state index contributed by atoms with van der Waals surface area (Å²) in [6, 6.07) is 8.36. The molecule has 168 valence electrons. The van der Waals surface area contributed by atoms with Gasteiger partial charge >= 0.3 is 6.18 Å². The van der Waals surface area contributed by atoms with Gasteiger partial charge in [0.05, 0.1) is 5.37 Å². The number of amides is 2. The topological polar surface area (TPSA) is 95.1 Å². The van der Waals surface area contributed by atoms with Crippen molar-refractivity contribution < 1.29 is 27.5 Å². The molecule has 2 amide bonds. The van der Waals surface area contributed by atoms with Crippen LogP contribution in [0.5, 0.6) is 0 Å². The third-order valence-corrected chi connectivity index (χ3v) is 6.35. The van der Waals surface area contributed by atoms with Gasteiger partial charge in [-0.15, -0.1) is 0 Å². The Morgan fingerprint density at radius 2 is 2.10 bits per heavy atom. The number of thioether (sulfide) groups is 1. The molecule has 0 saturated carbocycles. The van der Waals surface area contributed by atoms with Gasteiger partial charge in [-0.3, -0.25) is 14.9 Å². The van der Waals surface area contributed by atoms with Gasteiger partial charge in [0, 0.05) is 13.1 Å². The summed E-state index contributed by atoms with van der Waals surface area (Å²) < 4.78 is 41.9. The monoisotopic (exact) mass is 457 g/mol. The average Bonchev–Trinajstić information content (AvgIpc) is 3.38. The smallest absolute Gasteiger partial charge is 0.350 e. The highest BCUT2D eigenvalue weighted by molar-refractivity contribution is 8.14. The van der Waals surface area contributed by atoms with E-state index in [1.165, 1.54) is 11.8 Å². The van der Waals surface area contributed by atoms with Crippen LogP contribution in [-0.2, 0) is 20.9 Å². The van der Waals surface area contributed by atoms with Crippen molar-refractivity contribution in [2.75, 3.05) is 13.2 Å². The lowest BCUT2D eigenvalue weighted by molar-refractivity contribution is -0.195. The highest BCUT2D eigenvalue weighted by atomic mass is 32.2. The first-order valence-corrected chi connectivity index (χ1v) is 10.8. The second kappa shape index (κ2) is 9.05. The van der Waals surface area contributed by atoms with Crippen molar-refractivity contribution in [3.05, 3.63) is 35.9 Å². The van der Waals surface area contributed by atoms with Crippen LogP contribution in [0.4, 0.5) is 13.2 Å². The predicted octanol–water partition coefficient (Wildman–Crippen LogP) is 1.15. The summed E-state index contributed by atoms with van der Waals surface area (Å²) in [6.45, 7) is -0.447. The summed E-state index contributed by atoms with van der Waals surface area (Å²) in [6.07, 6.45) is -4.29. The van der Waals surface area contributed by atoms with Crippen molar-refractivity contribution in [2.45, 2.75) is 49.4 Å². The van der Waals surface area contributed by atoms with Crippen molar-refractivity contribution in [1.82, 2.24) is 20.9 Å². The van der Waals surface area contributed by atoms with E-state index in [1.54, 1.807) is 0 Å². The molecule has 3 heterocycles. The van der Waals surface area contributed by atoms with E-state index in [0.29, 0.717) is 24.7 Å². The zero-order valence-electron chi connectivity index (χ0n) is 16.4. The van der Waals surface area contributed by atoms with Crippen molar-refractivity contribution in [2.24, 2.45) is 4.99 Å². The molecule has 3 aliphatic heterocycles. The molecule has 0 bridgehead atoms. The lowest BCUT2D eigenvalue weighted by atomic mass is 10.2. The molecular weight excluding hydrogens is 435 g/mol. The van der Waals surface area contributed by atoms with E-state index < -0.39 is 42.5 Å². The van der Waals surface area contributed by atoms with E-state index in [4.69, 9.17) is 4.74 Å². The molecule has 1 aromatic rings. The number of nitrogens with zero attached hydrogens (tertiary/aromatic N) is 2. The fourth-order valence-corrected chi connectivity index (χ4v) is 4.96. The van der Waals surface area contributed by atoms with Gasteiger partial charge in [-0.25, -0.2) is 4.99 Å². The summed E-state index contributed by atoms with van der Waals surface area (Å²) in [5.74, 6) is -0.633. The maximum atomic E-state index is 12.8. The molecule has 1 aromatic carbocycles. The van der Waals surface area contributed by atoms with Crippen LogP contribution in [0, 0.1) is 0 Å². The van der Waals surface area contributed by atoms with Crippen LogP contribution in [0.1, 0.15) is 18.4 Å². The van der Waals surface area contributed by atoms with Crippen LogP contribution >= 0.6 is 11.8 Å². The molecule has 3 unspecified atom stereocenters. The lowest BCUT2D eigenvalue weighted by Crippen LogP contribution is -2.62. The Hall–Kier alpha value is -2.31. The van der Waals surface area contributed by atoms with Gasteiger partial charge in [0.1, 0.15) is 12.6 Å². The number of fused-ring (bicyclic) bond motifs is 1. The molecule has 0 aliphatic carbocycles. The first-order chi connectivity index (χ1) is 14.8. The minimum Gasteiger partial charge on any atom is -0.350 e. The quantitative estimate of drug-likeness (QED) is 0.614. The van der Waals surface area contributed by atoms with Crippen LogP contribution in [0.2, 0.25) is 0 Å². The van der Waals surface area contributed by atoms with E-state index in [2.05, 4.69) is 20.9 Å². The van der Waals surface area contributed by atoms with E-state index in [1.807, 2.05) is 35.2 Å². The zero-order chi connectivity index (χ0) is 22.0. The standard InChI is InChI=1S/C19H22F3N5O3S/c20-19(21,22)10-30-17-25-15(29)13-16(26-17)31-18(24-13)27-8-4-7-12(27)14(28)23-9-11-5-2-1-3-6-11/h1-3,5-6,12-13,16-17,26H,4,7-10H2,(H,23,28)(H,25,29)/t12-,13?,16?,17?/m1/s1. The van der Waals surface area contributed by atoms with Gasteiger partial charge in [-0.05, 0) is 18.4 Å². The van der Waals surface area contributed by atoms with Crippen molar-refractivity contribution in [3.8, 4) is 0 Å². The van der Waals surface area contributed by atoms with Gasteiger partial charge in [0.25, 0.3) is 0 Å². The minimum absolute atomic E-state index is 0.122. The number of carbonyl (C=O) groups is 2. The highest BCUT2D eigenvalue weighted by Crippen LogP contribution is 2.33. The molecule has 2 saturated heterocycles. The number of nitrogens with one attached hydrogen (secondary N) is 3. The van der Waals surface area contributed by atoms with Gasteiger partial charge < -0.3 is 20.3 Å². The van der Waals surface area contributed by atoms with Gasteiger partial charge in [0.15, 0.2) is 17.6 Å². The Kier molecular flexibility index (Phi) is 6.39. The Labute approximate surface area is 181 Å². The Morgan fingerprint density at radius 1 is 1.32 bits per heavy atom. The lowest BCUT2D eigenvalue weighted by Gasteiger charge is -2.32. The first kappa shape index (κ1) is 21.9. The number of halogens is 3. The summed E-state index contributed by atoms with van der Waals surface area (Å²) in [5, 5.41) is 8.09. The van der Waals surface area contributed by atoms with Gasteiger partial charge in [-0.2, -0.15) is 13.2 Å². The van der Waals surface area contributed by atoms with Crippen LogP contribution in [-0.4, -0.2) is 65.0 Å². The number of hydrogen-bond acceptors (Lipinski definition) is 7. The third-order valence-electron chi connectivity index (χ3n) is 5.15. The normalized spacial score (nSPS) is 28.2.